The van der Waals surface area contributed by atoms with Gasteiger partial charge in [0.25, 0.3) is 0 Å². The maximum Gasteiger partial charge on any atom is 0.161 e. The van der Waals surface area contributed by atoms with Gasteiger partial charge in [0.2, 0.25) is 0 Å². The van der Waals surface area contributed by atoms with E-state index in [4.69, 9.17) is 4.74 Å². The first-order valence-corrected chi connectivity index (χ1v) is 11.4. The molecule has 2 aromatic carbocycles. The number of pyridine rings is 1. The van der Waals surface area contributed by atoms with Gasteiger partial charge in [-0.3, -0.25) is 4.98 Å². The molecule has 1 saturated heterocycles. The van der Waals surface area contributed by atoms with Crippen LogP contribution in [-0.4, -0.2) is 57.7 Å². The molecule has 9 heteroatoms. The molecule has 1 aliphatic heterocycles. The number of benzene rings is 2. The highest BCUT2D eigenvalue weighted by Crippen LogP contribution is 2.29. The number of rotatable bonds is 7. The summed E-state index contributed by atoms with van der Waals surface area (Å²) in [5.41, 5.74) is 2.50. The van der Waals surface area contributed by atoms with E-state index < -0.39 is 17.7 Å². The predicted molar refractivity (Wildman–Crippen MR) is 126 cm³/mol. The maximum atomic E-state index is 13.4. The number of aliphatic hydroxyl groups is 1. The standard InChI is InChI=1S/C25H27F2N5O2/c1-34-23-4-2-3-17-16(5-8-28-25(17)23)22(33)14-32-9-6-15(7-10-32)29-13-24-30-20-11-18(26)19(27)12-21(20)31-24/h2-5,8,11-12,15,22,29,33H,6-7,9-10,13-14H2,1H3,(H,30,31)/t22-/m0/s1. The summed E-state index contributed by atoms with van der Waals surface area (Å²) in [4.78, 5) is 14.1. The quantitative estimate of drug-likeness (QED) is 0.384. The van der Waals surface area contributed by atoms with E-state index in [-0.39, 0.29) is 0 Å². The van der Waals surface area contributed by atoms with Crippen LogP contribution in [0.5, 0.6) is 5.75 Å². The number of ether oxygens (including phenoxy) is 1. The number of hydrogen-bond donors (Lipinski definition) is 3. The number of H-pyrrole nitrogens is 1. The first-order valence-electron chi connectivity index (χ1n) is 11.4. The van der Waals surface area contributed by atoms with Crippen LogP contribution in [0.15, 0.2) is 42.6 Å². The first-order chi connectivity index (χ1) is 16.5. The molecule has 1 aliphatic rings. The molecule has 7 nitrogen and oxygen atoms in total. The van der Waals surface area contributed by atoms with Gasteiger partial charge in [-0.25, -0.2) is 13.8 Å². The number of halogens is 2. The van der Waals surface area contributed by atoms with Gasteiger partial charge in [0.05, 0.1) is 30.8 Å². The fraction of sp³-hybridized carbons (Fsp3) is 0.360. The van der Waals surface area contributed by atoms with Crippen LogP contribution in [0.2, 0.25) is 0 Å². The lowest BCUT2D eigenvalue weighted by atomic mass is 10.0. The summed E-state index contributed by atoms with van der Waals surface area (Å²) in [7, 11) is 1.62. The first kappa shape index (κ1) is 22.6. The van der Waals surface area contributed by atoms with Crippen LogP contribution >= 0.6 is 0 Å². The summed E-state index contributed by atoms with van der Waals surface area (Å²) in [5, 5.41) is 15.3. The van der Waals surface area contributed by atoms with Gasteiger partial charge in [-0.15, -0.1) is 0 Å². The number of nitrogens with one attached hydrogen (secondary N) is 2. The van der Waals surface area contributed by atoms with Gasteiger partial charge in [-0.2, -0.15) is 0 Å². The molecule has 2 aromatic heterocycles. The molecule has 4 aromatic rings. The van der Waals surface area contributed by atoms with Gasteiger partial charge in [0.15, 0.2) is 11.6 Å². The molecule has 5 rings (SSSR count). The largest absolute Gasteiger partial charge is 0.494 e. The Bertz CT molecular complexity index is 1260. The second kappa shape index (κ2) is 9.61. The molecule has 178 valence electrons. The second-order valence-corrected chi connectivity index (χ2v) is 8.70. The molecule has 1 fully saturated rings. The minimum absolute atomic E-state index is 0.307. The zero-order chi connectivity index (χ0) is 23.7. The van der Waals surface area contributed by atoms with Gasteiger partial charge in [-0.1, -0.05) is 12.1 Å². The Hall–Kier alpha value is -3.14. The number of aliphatic hydroxyl groups excluding tert-OH is 1. The second-order valence-electron chi connectivity index (χ2n) is 8.70. The van der Waals surface area contributed by atoms with Crippen LogP contribution in [0.3, 0.4) is 0 Å². The third-order valence-corrected chi connectivity index (χ3v) is 6.50. The number of fused-ring (bicyclic) bond motifs is 2. The highest BCUT2D eigenvalue weighted by Gasteiger charge is 2.23. The Labute approximate surface area is 195 Å². The Morgan fingerprint density at radius 3 is 2.79 bits per heavy atom. The van der Waals surface area contributed by atoms with E-state index in [2.05, 4.69) is 25.2 Å². The smallest absolute Gasteiger partial charge is 0.161 e. The number of methoxy groups -OCH3 is 1. The molecule has 3 N–H and O–H groups in total. The highest BCUT2D eigenvalue weighted by atomic mass is 19.2. The fourth-order valence-corrected chi connectivity index (χ4v) is 4.67. The summed E-state index contributed by atoms with van der Waals surface area (Å²) >= 11 is 0. The van der Waals surface area contributed by atoms with Crippen LogP contribution in [0.25, 0.3) is 21.9 Å². The van der Waals surface area contributed by atoms with Gasteiger partial charge in [-0.05, 0) is 43.6 Å². The number of nitrogens with zero attached hydrogens (tertiary/aromatic N) is 3. The van der Waals surface area contributed by atoms with Crippen LogP contribution in [-0.2, 0) is 6.54 Å². The van der Waals surface area contributed by atoms with Crippen molar-refractivity contribution in [2.24, 2.45) is 0 Å². The van der Waals surface area contributed by atoms with Crippen molar-refractivity contribution in [2.45, 2.75) is 31.5 Å². The number of β-amino-alcohol motifs (C(OH)–C–C–N with tert-alkyl or cyclic N) is 1. The summed E-state index contributed by atoms with van der Waals surface area (Å²) in [6.07, 6.45) is 2.95. The van der Waals surface area contributed by atoms with Gasteiger partial charge < -0.3 is 25.0 Å². The number of likely N-dealkylation sites (tertiary alicyclic amines) is 1. The lowest BCUT2D eigenvalue weighted by Gasteiger charge is -2.33. The van der Waals surface area contributed by atoms with Crippen LogP contribution in [0.1, 0.15) is 30.3 Å². The molecule has 0 saturated carbocycles. The number of aromatic nitrogens is 3. The van der Waals surface area contributed by atoms with E-state index in [0.29, 0.717) is 41.7 Å². The number of aromatic amines is 1. The highest BCUT2D eigenvalue weighted by molar-refractivity contribution is 5.87. The van der Waals surface area contributed by atoms with Crippen molar-refractivity contribution >= 4 is 21.9 Å². The zero-order valence-corrected chi connectivity index (χ0v) is 18.9. The van der Waals surface area contributed by atoms with E-state index in [1.807, 2.05) is 24.3 Å². The average Bonchev–Trinajstić information content (AvgIpc) is 3.24. The molecule has 0 aliphatic carbocycles. The summed E-state index contributed by atoms with van der Waals surface area (Å²) in [6.45, 7) is 2.76. The zero-order valence-electron chi connectivity index (χ0n) is 18.9. The topological polar surface area (TPSA) is 86.3 Å². The molecule has 1 atom stereocenters. The van der Waals surface area contributed by atoms with E-state index >= 15 is 0 Å². The van der Waals surface area contributed by atoms with E-state index in [1.54, 1.807) is 13.3 Å². The predicted octanol–water partition coefficient (Wildman–Crippen LogP) is 3.69. The number of hydrogen-bond acceptors (Lipinski definition) is 6. The van der Waals surface area contributed by atoms with Crippen LogP contribution < -0.4 is 10.1 Å². The van der Waals surface area contributed by atoms with Gasteiger partial charge >= 0.3 is 0 Å². The van der Waals surface area contributed by atoms with E-state index in [0.717, 1.165) is 54.5 Å². The van der Waals surface area contributed by atoms with Crippen molar-refractivity contribution in [1.82, 2.24) is 25.2 Å². The van der Waals surface area contributed by atoms with Crippen molar-refractivity contribution < 1.29 is 18.6 Å². The minimum Gasteiger partial charge on any atom is -0.494 e. The maximum absolute atomic E-state index is 13.4. The summed E-state index contributed by atoms with van der Waals surface area (Å²) in [6, 6.07) is 10.1. The number of imidazole rings is 1. The lowest BCUT2D eigenvalue weighted by molar-refractivity contribution is 0.0948. The van der Waals surface area contributed by atoms with Gasteiger partial charge in [0, 0.05) is 36.3 Å². The number of piperidine rings is 1. The van der Waals surface area contributed by atoms with Crippen molar-refractivity contribution in [3.05, 3.63) is 65.6 Å². The molecule has 34 heavy (non-hydrogen) atoms. The van der Waals surface area contributed by atoms with Crippen LogP contribution in [0, 0.1) is 11.6 Å². The average molecular weight is 468 g/mol. The molecule has 0 unspecified atom stereocenters. The molecule has 0 bridgehead atoms. The van der Waals surface area contributed by atoms with Gasteiger partial charge in [0.1, 0.15) is 17.1 Å². The summed E-state index contributed by atoms with van der Waals surface area (Å²) < 4.78 is 32.2. The molecular weight excluding hydrogens is 440 g/mol. The Balaban J connectivity index is 1.16. The van der Waals surface area contributed by atoms with E-state index in [9.17, 15) is 13.9 Å². The van der Waals surface area contributed by atoms with E-state index in [1.165, 1.54) is 0 Å². The number of para-hydroxylation sites is 1. The Morgan fingerprint density at radius 1 is 1.21 bits per heavy atom. The Kier molecular flexibility index (Phi) is 6.40. The van der Waals surface area contributed by atoms with Crippen molar-refractivity contribution in [3.8, 4) is 5.75 Å². The van der Waals surface area contributed by atoms with Crippen LogP contribution in [0.4, 0.5) is 8.78 Å². The lowest BCUT2D eigenvalue weighted by Crippen LogP contribution is -2.43. The summed E-state index contributed by atoms with van der Waals surface area (Å²) in [5.74, 6) is -0.438. The molecule has 0 radical (unpaired) electrons. The third kappa shape index (κ3) is 4.59. The fourth-order valence-electron chi connectivity index (χ4n) is 4.67. The van der Waals surface area contributed by atoms with Crippen molar-refractivity contribution in [1.29, 1.82) is 0 Å². The molecule has 3 heterocycles. The van der Waals surface area contributed by atoms with Crippen molar-refractivity contribution in [2.75, 3.05) is 26.7 Å². The molecular formula is C25H27F2N5O2. The SMILES string of the molecule is COc1cccc2c([C@@H](O)CN3CCC(NCc4nc5cc(F)c(F)cc5[nH]4)CC3)ccnc12. The monoisotopic (exact) mass is 467 g/mol. The minimum atomic E-state index is -0.896. The molecule has 0 amide bonds. The molecule has 0 spiro atoms. The van der Waals surface area contributed by atoms with Crippen molar-refractivity contribution in [3.63, 3.8) is 0 Å². The Morgan fingerprint density at radius 2 is 2.00 bits per heavy atom. The normalized spacial score (nSPS) is 16.4. The third-order valence-electron chi connectivity index (χ3n) is 6.50.